The summed E-state index contributed by atoms with van der Waals surface area (Å²) in [5, 5.41) is 14.6. The van der Waals surface area contributed by atoms with Crippen LogP contribution in [0.3, 0.4) is 0 Å². The molecule has 1 saturated carbocycles. The van der Waals surface area contributed by atoms with E-state index in [4.69, 9.17) is 0 Å². The average Bonchev–Trinajstić information content (AvgIpc) is 3.15. The van der Waals surface area contributed by atoms with Crippen LogP contribution in [0.4, 0.5) is 4.39 Å². The number of benzene rings is 1. The fraction of sp³-hybridized carbons (Fsp3) is 0.438. The minimum Gasteiger partial charge on any atom is -0.386 e. The Balaban J connectivity index is 1.71. The van der Waals surface area contributed by atoms with Gasteiger partial charge in [-0.1, -0.05) is 30.3 Å². The minimum atomic E-state index is -0.993. The molecule has 0 unspecified atom stereocenters. The van der Waals surface area contributed by atoms with Crippen molar-refractivity contribution in [2.45, 2.75) is 37.6 Å². The second-order valence-corrected chi connectivity index (χ2v) is 5.85. The van der Waals surface area contributed by atoms with Crippen LogP contribution < -0.4 is 0 Å². The largest absolute Gasteiger partial charge is 0.386 e. The molecule has 3 nitrogen and oxygen atoms in total. The van der Waals surface area contributed by atoms with Crippen molar-refractivity contribution in [2.24, 2.45) is 5.92 Å². The van der Waals surface area contributed by atoms with Gasteiger partial charge in [0.05, 0.1) is 17.4 Å². The van der Waals surface area contributed by atoms with E-state index in [-0.39, 0.29) is 6.04 Å². The summed E-state index contributed by atoms with van der Waals surface area (Å²) in [5.41, 5.74) is 2.31. The molecule has 0 bridgehead atoms. The van der Waals surface area contributed by atoms with Gasteiger partial charge in [-0.25, -0.2) is 4.39 Å². The maximum atomic E-state index is 14.2. The molecule has 2 aromatic rings. The molecule has 3 atom stereocenters. The summed E-state index contributed by atoms with van der Waals surface area (Å²) in [6.45, 7) is 0. The van der Waals surface area contributed by atoms with Crippen molar-refractivity contribution in [2.75, 3.05) is 0 Å². The maximum Gasteiger partial charge on any atom is 0.144 e. The first-order valence-corrected chi connectivity index (χ1v) is 7.20. The average molecular weight is 272 g/mol. The van der Waals surface area contributed by atoms with Gasteiger partial charge in [0.1, 0.15) is 12.3 Å². The Hall–Kier alpha value is -1.68. The molecular weight excluding hydrogens is 255 g/mol. The van der Waals surface area contributed by atoms with Crippen molar-refractivity contribution in [3.63, 3.8) is 0 Å². The summed E-state index contributed by atoms with van der Waals surface area (Å²) in [6.07, 6.45) is 1.01. The molecule has 0 amide bonds. The lowest BCUT2D eigenvalue weighted by Crippen LogP contribution is -2.09. The van der Waals surface area contributed by atoms with E-state index in [1.54, 1.807) is 10.7 Å². The smallest absolute Gasteiger partial charge is 0.144 e. The monoisotopic (exact) mass is 272 g/mol. The normalized spacial score (nSPS) is 26.5. The molecular formula is C16H17FN2O. The van der Waals surface area contributed by atoms with Gasteiger partial charge in [-0.2, -0.15) is 5.10 Å². The minimum absolute atomic E-state index is 0.0543. The molecule has 1 fully saturated rings. The fourth-order valence-electron chi connectivity index (χ4n) is 3.08. The third kappa shape index (κ3) is 1.86. The molecule has 0 spiro atoms. The van der Waals surface area contributed by atoms with Crippen LogP contribution in [-0.2, 0) is 0 Å². The lowest BCUT2D eigenvalue weighted by molar-refractivity contribution is 0.147. The van der Waals surface area contributed by atoms with E-state index < -0.39 is 12.3 Å². The van der Waals surface area contributed by atoms with E-state index in [2.05, 4.69) is 5.10 Å². The first-order chi connectivity index (χ1) is 9.74. The summed E-state index contributed by atoms with van der Waals surface area (Å²) in [7, 11) is 0. The quantitative estimate of drug-likeness (QED) is 0.930. The zero-order valence-corrected chi connectivity index (χ0v) is 11.1. The van der Waals surface area contributed by atoms with Crippen molar-refractivity contribution in [1.29, 1.82) is 0 Å². The van der Waals surface area contributed by atoms with Gasteiger partial charge in [-0.3, -0.25) is 4.68 Å². The summed E-state index contributed by atoms with van der Waals surface area (Å²) in [4.78, 5) is 0. The topological polar surface area (TPSA) is 38.0 Å². The first-order valence-electron chi connectivity index (χ1n) is 7.20. The molecule has 104 valence electrons. The number of halogens is 1. The molecule has 20 heavy (non-hydrogen) atoms. The number of hydrogen-bond donors (Lipinski definition) is 1. The summed E-state index contributed by atoms with van der Waals surface area (Å²) in [5.74, 6) is 0.318. The zero-order chi connectivity index (χ0) is 13.7. The van der Waals surface area contributed by atoms with E-state index in [0.717, 1.165) is 18.4 Å². The van der Waals surface area contributed by atoms with Crippen LogP contribution in [-0.4, -0.2) is 14.9 Å². The highest BCUT2D eigenvalue weighted by atomic mass is 19.1. The highest BCUT2D eigenvalue weighted by Crippen LogP contribution is 2.44. The van der Waals surface area contributed by atoms with Gasteiger partial charge in [0, 0.05) is 6.42 Å². The second kappa shape index (κ2) is 4.42. The molecule has 4 rings (SSSR count). The number of alkyl halides is 1. The van der Waals surface area contributed by atoms with Crippen molar-refractivity contribution in [1.82, 2.24) is 9.78 Å². The number of hydrogen-bond acceptors (Lipinski definition) is 2. The predicted molar refractivity (Wildman–Crippen MR) is 73.0 cm³/mol. The third-order valence-corrected chi connectivity index (χ3v) is 4.39. The number of fused-ring (bicyclic) bond motifs is 1. The molecule has 0 radical (unpaired) electrons. The summed E-state index contributed by atoms with van der Waals surface area (Å²) >= 11 is 0. The Morgan fingerprint density at radius 1 is 1.25 bits per heavy atom. The van der Waals surface area contributed by atoms with Gasteiger partial charge < -0.3 is 5.11 Å². The molecule has 4 heteroatoms. The van der Waals surface area contributed by atoms with Gasteiger partial charge in [-0.15, -0.1) is 0 Å². The number of aliphatic hydroxyl groups is 1. The lowest BCUT2D eigenvalue weighted by Gasteiger charge is -2.13. The van der Waals surface area contributed by atoms with Crippen molar-refractivity contribution in [3.05, 3.63) is 53.3 Å². The third-order valence-electron chi connectivity index (χ3n) is 4.39. The maximum absolute atomic E-state index is 14.2. The molecule has 1 aliphatic carbocycles. The molecule has 1 aliphatic heterocycles. The molecule has 1 aromatic carbocycles. The number of nitrogens with zero attached hydrogens (tertiary/aromatic N) is 2. The van der Waals surface area contributed by atoms with Crippen LogP contribution in [0.25, 0.3) is 0 Å². The van der Waals surface area contributed by atoms with Crippen LogP contribution in [0.2, 0.25) is 0 Å². The summed E-state index contributed by atoms with van der Waals surface area (Å²) in [6, 6.07) is 11.6. The van der Waals surface area contributed by atoms with Gasteiger partial charge in [0.15, 0.2) is 0 Å². The zero-order valence-electron chi connectivity index (χ0n) is 11.1. The molecule has 0 saturated heterocycles. The highest BCUT2D eigenvalue weighted by Gasteiger charge is 2.37. The number of aliphatic hydroxyl groups excluding tert-OH is 1. The highest BCUT2D eigenvalue weighted by molar-refractivity contribution is 5.28. The van der Waals surface area contributed by atoms with E-state index in [0.29, 0.717) is 23.7 Å². The van der Waals surface area contributed by atoms with Crippen LogP contribution in [0.5, 0.6) is 0 Å². The Labute approximate surface area is 117 Å². The van der Waals surface area contributed by atoms with Gasteiger partial charge in [-0.05, 0) is 30.4 Å². The van der Waals surface area contributed by atoms with Crippen molar-refractivity contribution in [3.8, 4) is 0 Å². The van der Waals surface area contributed by atoms with Crippen LogP contribution >= 0.6 is 0 Å². The molecule has 2 heterocycles. The van der Waals surface area contributed by atoms with E-state index in [1.165, 1.54) is 0 Å². The predicted octanol–water partition coefficient (Wildman–Crippen LogP) is 3.33. The Bertz CT molecular complexity index is 621. The van der Waals surface area contributed by atoms with E-state index >= 15 is 0 Å². The Morgan fingerprint density at radius 3 is 2.70 bits per heavy atom. The van der Waals surface area contributed by atoms with Crippen LogP contribution in [0.1, 0.15) is 54.5 Å². The van der Waals surface area contributed by atoms with E-state index in [1.807, 2.05) is 30.3 Å². The van der Waals surface area contributed by atoms with Crippen LogP contribution in [0, 0.1) is 5.92 Å². The second-order valence-electron chi connectivity index (χ2n) is 5.85. The molecule has 1 N–H and O–H groups in total. The Morgan fingerprint density at radius 2 is 2.00 bits per heavy atom. The SMILES string of the molecule is O[C@H](c1cc2n(n1)[C@@H](c1ccccc1)C[C@H]2F)C1CC1. The fourth-order valence-corrected chi connectivity index (χ4v) is 3.08. The van der Waals surface area contributed by atoms with Crippen molar-refractivity contribution < 1.29 is 9.50 Å². The number of aromatic nitrogens is 2. The summed E-state index contributed by atoms with van der Waals surface area (Å²) < 4.78 is 16.0. The van der Waals surface area contributed by atoms with Gasteiger partial charge in [0.2, 0.25) is 0 Å². The van der Waals surface area contributed by atoms with Gasteiger partial charge >= 0.3 is 0 Å². The van der Waals surface area contributed by atoms with E-state index in [9.17, 15) is 9.50 Å². The van der Waals surface area contributed by atoms with Gasteiger partial charge in [0.25, 0.3) is 0 Å². The lowest BCUT2D eigenvalue weighted by atomic mass is 10.0. The standard InChI is InChI=1S/C16H17FN2O/c17-12-8-14(10-4-2-1-3-5-10)19-15(12)9-13(18-19)16(20)11-6-7-11/h1-5,9,11-12,14,16,20H,6-8H2/t12-,14-,16+/m1/s1. The molecule has 1 aromatic heterocycles. The van der Waals surface area contributed by atoms with Crippen molar-refractivity contribution >= 4 is 0 Å². The number of rotatable bonds is 3. The molecule has 2 aliphatic rings. The Kier molecular flexibility index (Phi) is 2.67. The first kappa shape index (κ1) is 12.1. The van der Waals surface area contributed by atoms with Crippen LogP contribution in [0.15, 0.2) is 36.4 Å².